The third-order valence-electron chi connectivity index (χ3n) is 2.90. The van der Waals surface area contributed by atoms with Gasteiger partial charge >= 0.3 is 6.18 Å². The molecule has 0 atom stereocenters. The van der Waals surface area contributed by atoms with Crippen LogP contribution in [0.1, 0.15) is 19.2 Å². The summed E-state index contributed by atoms with van der Waals surface area (Å²) < 4.78 is 45.4. The second-order valence-corrected chi connectivity index (χ2v) is 4.38. The van der Waals surface area contributed by atoms with E-state index in [2.05, 4.69) is 4.98 Å². The van der Waals surface area contributed by atoms with Crippen LogP contribution in [0.15, 0.2) is 18.2 Å². The lowest BCUT2D eigenvalue weighted by atomic mass is 10.3. The minimum Gasteiger partial charge on any atom is -0.399 e. The number of hydrogen-bond acceptors (Lipinski definition) is 3. The maximum Gasteiger partial charge on any atom is 0.449 e. The fraction of sp³-hybridized carbons (Fsp3) is 0.462. The highest BCUT2D eigenvalue weighted by Crippen LogP contribution is 2.32. The van der Waals surface area contributed by atoms with Crippen LogP contribution in [0.4, 0.5) is 18.9 Å². The molecule has 0 radical (unpaired) electrons. The van der Waals surface area contributed by atoms with Crippen LogP contribution >= 0.6 is 0 Å². The standard InChI is InChI=1S/C13H16F3N3O/c1-2-20-7-3-6-19-11-5-4-9(17)8-10(11)18-12(19)13(14,15)16/h4-5,8H,2-3,6-7,17H2,1H3. The van der Waals surface area contributed by atoms with E-state index in [1.54, 1.807) is 12.1 Å². The lowest BCUT2D eigenvalue weighted by Crippen LogP contribution is -2.16. The van der Waals surface area contributed by atoms with Gasteiger partial charge in [0, 0.05) is 25.4 Å². The predicted molar refractivity (Wildman–Crippen MR) is 70.3 cm³/mol. The Bertz CT molecular complexity index is 592. The molecular weight excluding hydrogens is 271 g/mol. The number of alkyl halides is 3. The minimum absolute atomic E-state index is 0.204. The molecule has 1 heterocycles. The van der Waals surface area contributed by atoms with Gasteiger partial charge in [0.15, 0.2) is 0 Å². The van der Waals surface area contributed by atoms with Crippen molar-refractivity contribution in [2.45, 2.75) is 26.1 Å². The molecule has 2 N–H and O–H groups in total. The Balaban J connectivity index is 2.37. The number of aryl methyl sites for hydroxylation is 1. The average molecular weight is 287 g/mol. The molecule has 0 aliphatic rings. The van der Waals surface area contributed by atoms with Crippen LogP contribution in [0.2, 0.25) is 0 Å². The van der Waals surface area contributed by atoms with E-state index >= 15 is 0 Å². The molecule has 0 bridgehead atoms. The van der Waals surface area contributed by atoms with Crippen molar-refractivity contribution < 1.29 is 17.9 Å². The molecule has 0 saturated heterocycles. The van der Waals surface area contributed by atoms with Gasteiger partial charge in [-0.15, -0.1) is 0 Å². The number of nitrogens with two attached hydrogens (primary N) is 1. The van der Waals surface area contributed by atoms with Crippen LogP contribution in [0.25, 0.3) is 11.0 Å². The maximum absolute atomic E-state index is 13.0. The van der Waals surface area contributed by atoms with Crippen molar-refractivity contribution in [1.82, 2.24) is 9.55 Å². The van der Waals surface area contributed by atoms with Gasteiger partial charge in [0.1, 0.15) is 0 Å². The fourth-order valence-corrected chi connectivity index (χ4v) is 2.06. The predicted octanol–water partition coefficient (Wildman–Crippen LogP) is 3.06. The zero-order chi connectivity index (χ0) is 14.8. The van der Waals surface area contributed by atoms with Gasteiger partial charge in [-0.2, -0.15) is 13.2 Å². The van der Waals surface area contributed by atoms with Crippen molar-refractivity contribution >= 4 is 16.7 Å². The molecule has 0 amide bonds. The lowest BCUT2D eigenvalue weighted by molar-refractivity contribution is -0.147. The molecule has 0 saturated carbocycles. The number of aromatic nitrogens is 2. The SMILES string of the molecule is CCOCCCn1c(C(F)(F)F)nc2cc(N)ccc21. The van der Waals surface area contributed by atoms with Gasteiger partial charge in [-0.1, -0.05) is 0 Å². The van der Waals surface area contributed by atoms with Crippen LogP contribution in [-0.4, -0.2) is 22.8 Å². The number of nitrogens with zero attached hydrogens (tertiary/aromatic N) is 2. The molecule has 0 fully saturated rings. The highest BCUT2D eigenvalue weighted by molar-refractivity contribution is 5.79. The molecule has 1 aromatic carbocycles. The number of imidazole rings is 1. The Morgan fingerprint density at radius 3 is 2.75 bits per heavy atom. The van der Waals surface area contributed by atoms with E-state index in [1.807, 2.05) is 6.92 Å². The highest BCUT2D eigenvalue weighted by atomic mass is 19.4. The molecule has 2 aromatic rings. The van der Waals surface area contributed by atoms with Crippen molar-refractivity contribution in [2.24, 2.45) is 0 Å². The molecule has 1 aromatic heterocycles. The first-order valence-electron chi connectivity index (χ1n) is 6.34. The van der Waals surface area contributed by atoms with Crippen molar-refractivity contribution in [2.75, 3.05) is 18.9 Å². The second kappa shape index (κ2) is 5.70. The lowest BCUT2D eigenvalue weighted by Gasteiger charge is -2.11. The smallest absolute Gasteiger partial charge is 0.399 e. The van der Waals surface area contributed by atoms with Crippen LogP contribution in [0.5, 0.6) is 0 Å². The summed E-state index contributed by atoms with van der Waals surface area (Å²) in [5.41, 5.74) is 6.67. The molecule has 7 heteroatoms. The van der Waals surface area contributed by atoms with E-state index in [1.165, 1.54) is 10.6 Å². The number of fused-ring (bicyclic) bond motifs is 1. The number of benzene rings is 1. The molecule has 0 unspecified atom stereocenters. The first-order chi connectivity index (χ1) is 9.43. The summed E-state index contributed by atoms with van der Waals surface area (Å²) in [6, 6.07) is 4.58. The topological polar surface area (TPSA) is 53.1 Å². The Hall–Kier alpha value is -1.76. The summed E-state index contributed by atoms with van der Waals surface area (Å²) in [7, 11) is 0. The Labute approximate surface area is 114 Å². The third-order valence-corrected chi connectivity index (χ3v) is 2.90. The summed E-state index contributed by atoms with van der Waals surface area (Å²) in [5.74, 6) is -0.894. The Morgan fingerprint density at radius 1 is 1.35 bits per heavy atom. The molecule has 2 rings (SSSR count). The summed E-state index contributed by atoms with van der Waals surface area (Å²) in [6.45, 7) is 3.02. The van der Waals surface area contributed by atoms with Gasteiger partial charge < -0.3 is 15.0 Å². The minimum atomic E-state index is -4.49. The van der Waals surface area contributed by atoms with Crippen molar-refractivity contribution in [1.29, 1.82) is 0 Å². The van der Waals surface area contributed by atoms with E-state index in [9.17, 15) is 13.2 Å². The number of hydrogen-bond donors (Lipinski definition) is 1. The second-order valence-electron chi connectivity index (χ2n) is 4.38. The van der Waals surface area contributed by atoms with Gasteiger partial charge in [0.25, 0.3) is 0 Å². The summed E-state index contributed by atoms with van der Waals surface area (Å²) in [6.07, 6.45) is -3.99. The van der Waals surface area contributed by atoms with Crippen molar-refractivity contribution in [3.05, 3.63) is 24.0 Å². The van der Waals surface area contributed by atoms with Crippen molar-refractivity contribution in [3.63, 3.8) is 0 Å². The number of ether oxygens (including phenoxy) is 1. The molecule has 0 aliphatic heterocycles. The Morgan fingerprint density at radius 2 is 2.10 bits per heavy atom. The molecule has 110 valence electrons. The molecular formula is C13H16F3N3O. The van der Waals surface area contributed by atoms with Gasteiger partial charge in [0.2, 0.25) is 5.82 Å². The van der Waals surface area contributed by atoms with Crippen molar-refractivity contribution in [3.8, 4) is 0 Å². The number of rotatable bonds is 5. The Kier molecular flexibility index (Phi) is 4.17. The number of anilines is 1. The number of nitrogen functional groups attached to an aromatic ring is 1. The molecule has 20 heavy (non-hydrogen) atoms. The molecule has 0 spiro atoms. The first-order valence-corrected chi connectivity index (χ1v) is 6.34. The zero-order valence-electron chi connectivity index (χ0n) is 11.1. The zero-order valence-corrected chi connectivity index (χ0v) is 11.1. The van der Waals surface area contributed by atoms with Gasteiger partial charge in [0.05, 0.1) is 11.0 Å². The largest absolute Gasteiger partial charge is 0.449 e. The number of halogens is 3. The monoisotopic (exact) mass is 287 g/mol. The highest BCUT2D eigenvalue weighted by Gasteiger charge is 2.37. The van der Waals surface area contributed by atoms with Gasteiger partial charge in [-0.05, 0) is 31.5 Å². The van der Waals surface area contributed by atoms with E-state index in [4.69, 9.17) is 10.5 Å². The van der Waals surface area contributed by atoms with Crippen LogP contribution in [-0.2, 0) is 17.5 Å². The first kappa shape index (κ1) is 14.6. The fourth-order valence-electron chi connectivity index (χ4n) is 2.06. The maximum atomic E-state index is 13.0. The summed E-state index contributed by atoms with van der Waals surface area (Å²) in [5, 5.41) is 0. The third kappa shape index (κ3) is 3.04. The quantitative estimate of drug-likeness (QED) is 0.679. The van der Waals surface area contributed by atoms with Gasteiger partial charge in [-0.25, -0.2) is 4.98 Å². The summed E-state index contributed by atoms with van der Waals surface area (Å²) in [4.78, 5) is 3.66. The molecule has 4 nitrogen and oxygen atoms in total. The van der Waals surface area contributed by atoms with Gasteiger partial charge in [-0.3, -0.25) is 0 Å². The average Bonchev–Trinajstić information content (AvgIpc) is 2.72. The summed E-state index contributed by atoms with van der Waals surface area (Å²) >= 11 is 0. The van der Waals surface area contributed by atoms with E-state index in [0.717, 1.165) is 0 Å². The van der Waals surface area contributed by atoms with E-state index in [0.29, 0.717) is 30.8 Å². The molecule has 0 aliphatic carbocycles. The normalized spacial score (nSPS) is 12.2. The van der Waals surface area contributed by atoms with E-state index in [-0.39, 0.29) is 12.1 Å². The van der Waals surface area contributed by atoms with Crippen LogP contribution in [0, 0.1) is 0 Å². The van der Waals surface area contributed by atoms with Crippen LogP contribution < -0.4 is 5.73 Å². The van der Waals surface area contributed by atoms with E-state index < -0.39 is 12.0 Å². The van der Waals surface area contributed by atoms with Crippen LogP contribution in [0.3, 0.4) is 0 Å².